The summed E-state index contributed by atoms with van der Waals surface area (Å²) in [6.45, 7) is 2.40. The van der Waals surface area contributed by atoms with Gasteiger partial charge in [-0.25, -0.2) is 0 Å². The van der Waals surface area contributed by atoms with Gasteiger partial charge in [0, 0.05) is 24.4 Å². The molecule has 2 heterocycles. The van der Waals surface area contributed by atoms with Crippen molar-refractivity contribution in [2.24, 2.45) is 5.92 Å². The summed E-state index contributed by atoms with van der Waals surface area (Å²) in [5.74, 6) is -0.0564. The number of H-pyrrole nitrogens is 2. The first kappa shape index (κ1) is 22.7. The molecule has 4 rings (SSSR count). The maximum absolute atomic E-state index is 10.8. The molecule has 151 valence electrons. The Morgan fingerprint density at radius 1 is 1.27 bits per heavy atom. The molecule has 30 heavy (non-hydrogen) atoms. The molecular weight excluding hydrogens is 411 g/mol. The average molecular weight is 433 g/mol. The number of aliphatic carboxylic acids is 1. The van der Waals surface area contributed by atoms with Crippen LogP contribution in [-0.4, -0.2) is 29.7 Å². The van der Waals surface area contributed by atoms with Crippen LogP contribution in [0, 0.1) is 17.2 Å². The number of carboxylic acid groups (broad SMARTS) is 1. The smallest absolute Gasteiger partial charge is 0.550 e. The van der Waals surface area contributed by atoms with Crippen LogP contribution in [0.25, 0.3) is 11.0 Å². The Morgan fingerprint density at radius 3 is 2.87 bits per heavy atom. The molecule has 0 aliphatic carbocycles. The fourth-order valence-corrected chi connectivity index (χ4v) is 3.94. The van der Waals surface area contributed by atoms with Crippen LogP contribution < -0.4 is 49.6 Å². The summed E-state index contributed by atoms with van der Waals surface area (Å²) in [6, 6.07) is 11.9. The first-order valence-corrected chi connectivity index (χ1v) is 9.88. The Kier molecular flexibility index (Phi) is 7.46. The van der Waals surface area contributed by atoms with Crippen LogP contribution in [0.5, 0.6) is 5.75 Å². The Bertz CT molecular complexity index is 1100. The van der Waals surface area contributed by atoms with Gasteiger partial charge in [-0.2, -0.15) is 0 Å². The number of rotatable bonds is 7. The second-order valence-electron chi connectivity index (χ2n) is 7.23. The number of carbonyl (C=O) groups excluding carboxylic acids is 1. The number of nitrogens with zero attached hydrogens (tertiary/aromatic N) is 1. The van der Waals surface area contributed by atoms with Crippen molar-refractivity contribution >= 4 is 40.6 Å². The van der Waals surface area contributed by atoms with Gasteiger partial charge in [0.2, 0.25) is 0 Å². The summed E-state index contributed by atoms with van der Waals surface area (Å²) in [6.07, 6.45) is 1.44. The van der Waals surface area contributed by atoms with Gasteiger partial charge in [0.05, 0.1) is 17.6 Å². The van der Waals surface area contributed by atoms with E-state index in [0.29, 0.717) is 17.9 Å². The molecule has 0 saturated carbocycles. The monoisotopic (exact) mass is 433 g/mol. The number of carboxylic acids is 1. The molecule has 7 nitrogen and oxygen atoms in total. The molecule has 1 aromatic heterocycles. The van der Waals surface area contributed by atoms with E-state index in [-0.39, 0.29) is 41.9 Å². The molecule has 1 aliphatic rings. The van der Waals surface area contributed by atoms with E-state index in [4.69, 9.17) is 17.0 Å². The average Bonchev–Trinajstić information content (AvgIpc) is 3.05. The largest absolute Gasteiger partial charge is 1.00 e. The van der Waals surface area contributed by atoms with E-state index in [1.807, 2.05) is 43.4 Å². The minimum Gasteiger partial charge on any atom is -0.550 e. The number of benzene rings is 2. The van der Waals surface area contributed by atoms with Crippen LogP contribution in [0.3, 0.4) is 0 Å². The molecule has 0 fully saturated rings. The van der Waals surface area contributed by atoms with Crippen molar-refractivity contribution in [3.05, 3.63) is 53.3 Å². The Hall–Kier alpha value is -2.00. The van der Waals surface area contributed by atoms with Gasteiger partial charge < -0.3 is 34.8 Å². The van der Waals surface area contributed by atoms with Crippen LogP contribution in [0.4, 0.5) is 11.4 Å². The van der Waals surface area contributed by atoms with Crippen LogP contribution >= 0.6 is 12.2 Å². The van der Waals surface area contributed by atoms with Crippen molar-refractivity contribution in [3.63, 3.8) is 0 Å². The quantitative estimate of drug-likeness (QED) is 0.275. The summed E-state index contributed by atoms with van der Waals surface area (Å²) in [7, 11) is 1.98. The SMILES string of the molecule is CN1[CH]C(CCC(=O)[O-])Cc2cc(OCNc3ccc4[nH]c(=S)[nH]c4c3)ccc21.[Na+]. The molecule has 0 bridgehead atoms. The van der Waals surface area contributed by atoms with Gasteiger partial charge in [-0.15, -0.1) is 0 Å². The van der Waals surface area contributed by atoms with Gasteiger partial charge in [0.25, 0.3) is 0 Å². The predicted molar refractivity (Wildman–Crippen MR) is 113 cm³/mol. The first-order valence-electron chi connectivity index (χ1n) is 9.47. The maximum Gasteiger partial charge on any atom is 1.00 e. The number of aromatic nitrogens is 2. The zero-order valence-corrected chi connectivity index (χ0v) is 19.8. The molecule has 1 atom stereocenters. The second kappa shape index (κ2) is 9.87. The molecule has 1 unspecified atom stereocenters. The van der Waals surface area contributed by atoms with Gasteiger partial charge in [-0.1, -0.05) is 0 Å². The standard InChI is InChI=1S/C21H23N4O3S.Na/c1-25-11-13(2-7-20(26)27)8-14-9-16(4-6-19(14)25)28-12-22-15-3-5-17-18(10-15)24-21(29)23-17;/h3-6,9-11,13,22H,2,7-8,12H2,1H3,(H,26,27)(H2,23,24,29);/q;+1/p-1. The second-order valence-corrected chi connectivity index (χ2v) is 7.64. The fourth-order valence-electron chi connectivity index (χ4n) is 3.72. The van der Waals surface area contributed by atoms with Gasteiger partial charge in [0.15, 0.2) is 11.5 Å². The number of nitrogens with one attached hydrogen (secondary N) is 3. The summed E-state index contributed by atoms with van der Waals surface area (Å²) in [5.41, 5.74) is 5.10. The third-order valence-electron chi connectivity index (χ3n) is 5.10. The number of aromatic amines is 2. The molecule has 0 spiro atoms. The normalized spacial score (nSPS) is 15.4. The summed E-state index contributed by atoms with van der Waals surface area (Å²) >= 11 is 5.11. The molecular formula is C21H22N4NaO3S. The maximum atomic E-state index is 10.8. The predicted octanol–water partition coefficient (Wildman–Crippen LogP) is -0.0217. The number of anilines is 2. The molecule has 1 aliphatic heterocycles. The van der Waals surface area contributed by atoms with Crippen molar-refractivity contribution in [1.82, 2.24) is 9.97 Å². The van der Waals surface area contributed by atoms with Gasteiger partial charge in [-0.05, 0) is 79.4 Å². The topological polar surface area (TPSA) is 96.2 Å². The van der Waals surface area contributed by atoms with E-state index in [1.54, 1.807) is 0 Å². The zero-order valence-electron chi connectivity index (χ0n) is 17.0. The van der Waals surface area contributed by atoms with Gasteiger partial charge in [0.1, 0.15) is 5.75 Å². The molecule has 9 heteroatoms. The van der Waals surface area contributed by atoms with Crippen LogP contribution in [-0.2, 0) is 11.2 Å². The third-order valence-corrected chi connectivity index (χ3v) is 5.30. The van der Waals surface area contributed by atoms with E-state index in [2.05, 4.69) is 26.7 Å². The number of fused-ring (bicyclic) bond motifs is 2. The minimum absolute atomic E-state index is 0. The molecule has 1 radical (unpaired) electrons. The van der Waals surface area contributed by atoms with Crippen molar-refractivity contribution in [1.29, 1.82) is 0 Å². The van der Waals surface area contributed by atoms with Gasteiger partial charge in [-0.3, -0.25) is 0 Å². The van der Waals surface area contributed by atoms with E-state index < -0.39 is 5.97 Å². The number of carbonyl (C=O) groups is 1. The van der Waals surface area contributed by atoms with Crippen LogP contribution in [0.1, 0.15) is 18.4 Å². The Morgan fingerprint density at radius 2 is 2.07 bits per heavy atom. The molecule has 3 N–H and O–H groups in total. The van der Waals surface area contributed by atoms with Crippen molar-refractivity contribution in [3.8, 4) is 5.75 Å². The minimum atomic E-state index is -1.01. The van der Waals surface area contributed by atoms with Gasteiger partial charge >= 0.3 is 29.6 Å². The fraction of sp³-hybridized carbons (Fsp3) is 0.286. The molecule has 0 amide bonds. The molecule has 0 saturated heterocycles. The summed E-state index contributed by atoms with van der Waals surface area (Å²) in [5, 5.41) is 14.0. The van der Waals surface area contributed by atoms with Crippen LogP contribution in [0.2, 0.25) is 0 Å². The van der Waals surface area contributed by atoms with Crippen molar-refractivity contribution < 1.29 is 44.2 Å². The zero-order chi connectivity index (χ0) is 20.4. The number of hydrogen-bond donors (Lipinski definition) is 3. The van der Waals surface area contributed by atoms with E-state index >= 15 is 0 Å². The van der Waals surface area contributed by atoms with Crippen molar-refractivity contribution in [2.45, 2.75) is 19.3 Å². The number of ether oxygens (including phenoxy) is 1. The summed E-state index contributed by atoms with van der Waals surface area (Å²) in [4.78, 5) is 19.0. The van der Waals surface area contributed by atoms with E-state index in [0.717, 1.165) is 40.1 Å². The number of hydrogen-bond acceptors (Lipinski definition) is 6. The summed E-state index contributed by atoms with van der Waals surface area (Å²) < 4.78 is 6.48. The van der Waals surface area contributed by atoms with Crippen molar-refractivity contribution in [2.75, 3.05) is 24.0 Å². The Balaban J connectivity index is 0.00000256. The van der Waals surface area contributed by atoms with E-state index in [1.165, 1.54) is 0 Å². The van der Waals surface area contributed by atoms with E-state index in [9.17, 15) is 9.90 Å². The molecule has 3 aromatic rings. The van der Waals surface area contributed by atoms with Crippen LogP contribution in [0.15, 0.2) is 36.4 Å². The third kappa shape index (κ3) is 5.37. The Labute approximate surface area is 202 Å². The molecule has 2 aromatic carbocycles. The number of imidazole rings is 1. The first-order chi connectivity index (χ1) is 14.0.